The first-order valence-electron chi connectivity index (χ1n) is 10.2. The molecule has 3 amide bonds. The van der Waals surface area contributed by atoms with Crippen LogP contribution >= 0.6 is 12.4 Å². The Bertz CT molecular complexity index is 742. The molecule has 160 valence electrons. The number of amides is 3. The first-order valence-corrected chi connectivity index (χ1v) is 10.2. The summed E-state index contributed by atoms with van der Waals surface area (Å²) in [7, 11) is 0. The lowest BCUT2D eigenvalue weighted by atomic mass is 10.0. The molecule has 1 aliphatic carbocycles. The van der Waals surface area contributed by atoms with E-state index in [0.717, 1.165) is 25.7 Å². The topological polar surface area (TPSA) is 105 Å². The maximum absolute atomic E-state index is 13.1. The molecule has 0 spiro atoms. The van der Waals surface area contributed by atoms with Gasteiger partial charge in [0.25, 0.3) is 5.91 Å². The number of nitrogens with two attached hydrogens (primary N) is 1. The van der Waals surface area contributed by atoms with E-state index in [0.29, 0.717) is 43.2 Å². The van der Waals surface area contributed by atoms with Gasteiger partial charge in [-0.1, -0.05) is 13.0 Å². The highest BCUT2D eigenvalue weighted by molar-refractivity contribution is 5.98. The van der Waals surface area contributed by atoms with E-state index in [-0.39, 0.29) is 42.1 Å². The Labute approximate surface area is 178 Å². The Kier molecular flexibility index (Phi) is 8.46. The molecule has 8 heteroatoms. The molecule has 3 atom stereocenters. The molecule has 4 N–H and O–H groups in total. The summed E-state index contributed by atoms with van der Waals surface area (Å²) in [5.74, 6) is 0.403. The monoisotopic (exact) mass is 422 g/mol. The minimum atomic E-state index is -0.0838. The number of hydrogen-bond acceptors (Lipinski definition) is 4. The molecule has 7 nitrogen and oxygen atoms in total. The van der Waals surface area contributed by atoms with Crippen molar-refractivity contribution in [1.82, 2.24) is 10.2 Å². The summed E-state index contributed by atoms with van der Waals surface area (Å²) in [4.78, 5) is 38.8. The van der Waals surface area contributed by atoms with Crippen LogP contribution in [0.2, 0.25) is 0 Å². The normalized spacial score (nSPS) is 23.0. The number of nitrogens with zero attached hydrogens (tertiary/aromatic N) is 1. The maximum atomic E-state index is 13.1. The smallest absolute Gasteiger partial charge is 0.254 e. The Morgan fingerprint density at radius 2 is 2.00 bits per heavy atom. The number of benzene rings is 1. The number of hydrogen-bond donors (Lipinski definition) is 3. The van der Waals surface area contributed by atoms with E-state index in [1.807, 2.05) is 11.0 Å². The van der Waals surface area contributed by atoms with Crippen molar-refractivity contribution in [3.8, 4) is 0 Å². The molecular formula is C21H31ClN4O3. The second-order valence-electron chi connectivity index (χ2n) is 7.88. The van der Waals surface area contributed by atoms with E-state index in [9.17, 15) is 14.4 Å². The third kappa shape index (κ3) is 6.18. The van der Waals surface area contributed by atoms with E-state index in [1.165, 1.54) is 0 Å². The average Bonchev–Trinajstić information content (AvgIpc) is 3.43. The number of rotatable bonds is 7. The van der Waals surface area contributed by atoms with Crippen molar-refractivity contribution in [2.24, 2.45) is 17.6 Å². The Hall–Kier alpha value is -2.12. The summed E-state index contributed by atoms with van der Waals surface area (Å²) in [6, 6.07) is 7.10. The van der Waals surface area contributed by atoms with E-state index in [4.69, 9.17) is 5.73 Å². The highest BCUT2D eigenvalue weighted by Gasteiger charge is 2.39. The summed E-state index contributed by atoms with van der Waals surface area (Å²) >= 11 is 0. The van der Waals surface area contributed by atoms with Crippen LogP contribution < -0.4 is 16.4 Å². The lowest BCUT2D eigenvalue weighted by Crippen LogP contribution is -2.49. The third-order valence-corrected chi connectivity index (χ3v) is 5.62. The highest BCUT2D eigenvalue weighted by Crippen LogP contribution is 2.38. The van der Waals surface area contributed by atoms with Crippen LogP contribution in [0.1, 0.15) is 49.4 Å². The zero-order valence-electron chi connectivity index (χ0n) is 16.9. The molecular weight excluding hydrogens is 392 g/mol. The zero-order valence-corrected chi connectivity index (χ0v) is 17.7. The van der Waals surface area contributed by atoms with Crippen molar-refractivity contribution in [2.75, 3.05) is 25.0 Å². The molecule has 1 saturated carbocycles. The number of nitrogens with one attached hydrogen (secondary N) is 2. The van der Waals surface area contributed by atoms with Gasteiger partial charge in [-0.05, 0) is 49.8 Å². The van der Waals surface area contributed by atoms with E-state index in [2.05, 4.69) is 17.6 Å². The summed E-state index contributed by atoms with van der Waals surface area (Å²) in [6.07, 6.45) is 4.08. The summed E-state index contributed by atoms with van der Waals surface area (Å²) in [5, 5.41) is 5.80. The molecule has 3 unspecified atom stereocenters. The Morgan fingerprint density at radius 1 is 1.24 bits per heavy atom. The Balaban J connectivity index is 0.00000300. The maximum Gasteiger partial charge on any atom is 0.254 e. The van der Waals surface area contributed by atoms with E-state index < -0.39 is 0 Å². The fourth-order valence-electron chi connectivity index (χ4n) is 3.75. The van der Waals surface area contributed by atoms with Crippen LogP contribution in [-0.4, -0.2) is 48.3 Å². The van der Waals surface area contributed by atoms with Gasteiger partial charge in [0.15, 0.2) is 0 Å². The fourth-order valence-corrected chi connectivity index (χ4v) is 3.75. The number of carbonyl (C=O) groups is 3. The molecule has 1 aromatic carbocycles. The third-order valence-electron chi connectivity index (χ3n) is 5.62. The van der Waals surface area contributed by atoms with E-state index >= 15 is 0 Å². The van der Waals surface area contributed by atoms with Crippen molar-refractivity contribution in [2.45, 2.75) is 45.1 Å². The van der Waals surface area contributed by atoms with Gasteiger partial charge >= 0.3 is 0 Å². The van der Waals surface area contributed by atoms with Gasteiger partial charge in [0.05, 0.1) is 0 Å². The molecule has 3 rings (SSSR count). The summed E-state index contributed by atoms with van der Waals surface area (Å²) in [6.45, 7) is 3.50. The number of carbonyl (C=O) groups excluding carboxylic acids is 3. The standard InChI is InChI=1S/C21H30N4O3.ClH/c1-14-11-18(14)20(27)24-16-6-4-5-15(12-16)21(28)25-10-3-2-7-17(25)13-23-19(26)8-9-22;/h4-6,12,14,17-18H,2-3,7-11,13,22H2,1H3,(H,23,26)(H,24,27);1H. The van der Waals surface area contributed by atoms with Gasteiger partial charge in [-0.15, -0.1) is 12.4 Å². The van der Waals surface area contributed by atoms with Gasteiger partial charge in [0.1, 0.15) is 0 Å². The summed E-state index contributed by atoms with van der Waals surface area (Å²) < 4.78 is 0. The van der Waals surface area contributed by atoms with Crippen LogP contribution in [0, 0.1) is 11.8 Å². The van der Waals surface area contributed by atoms with Crippen LogP contribution in [0.3, 0.4) is 0 Å². The second kappa shape index (κ2) is 10.6. The van der Waals surface area contributed by atoms with Gasteiger partial charge in [0, 0.05) is 49.3 Å². The van der Waals surface area contributed by atoms with Crippen molar-refractivity contribution in [1.29, 1.82) is 0 Å². The molecule has 0 aromatic heterocycles. The van der Waals surface area contributed by atoms with Crippen LogP contribution in [0.5, 0.6) is 0 Å². The number of halogens is 1. The van der Waals surface area contributed by atoms with Crippen molar-refractivity contribution < 1.29 is 14.4 Å². The number of likely N-dealkylation sites (tertiary alicyclic amines) is 1. The lowest BCUT2D eigenvalue weighted by Gasteiger charge is -2.36. The van der Waals surface area contributed by atoms with Crippen LogP contribution in [-0.2, 0) is 9.59 Å². The zero-order chi connectivity index (χ0) is 20.1. The highest BCUT2D eigenvalue weighted by atomic mass is 35.5. The fraction of sp³-hybridized carbons (Fsp3) is 0.571. The SMILES string of the molecule is CC1CC1C(=O)Nc1cccc(C(=O)N2CCCCC2CNC(=O)CCN)c1.Cl. The molecule has 2 fully saturated rings. The predicted octanol–water partition coefficient (Wildman–Crippen LogP) is 2.16. The largest absolute Gasteiger partial charge is 0.354 e. The van der Waals surface area contributed by atoms with Gasteiger partial charge < -0.3 is 21.3 Å². The minimum Gasteiger partial charge on any atom is -0.354 e. The summed E-state index contributed by atoms with van der Waals surface area (Å²) in [5.41, 5.74) is 6.62. The van der Waals surface area contributed by atoms with Crippen molar-refractivity contribution >= 4 is 35.8 Å². The molecule has 1 saturated heterocycles. The quantitative estimate of drug-likeness (QED) is 0.626. The second-order valence-corrected chi connectivity index (χ2v) is 7.88. The first kappa shape index (κ1) is 23.2. The average molecular weight is 423 g/mol. The molecule has 1 heterocycles. The van der Waals surface area contributed by atoms with Crippen molar-refractivity contribution in [3.05, 3.63) is 29.8 Å². The van der Waals surface area contributed by atoms with Gasteiger partial charge in [-0.3, -0.25) is 14.4 Å². The number of anilines is 1. The van der Waals surface area contributed by atoms with Crippen LogP contribution in [0.25, 0.3) is 0 Å². The van der Waals surface area contributed by atoms with Crippen molar-refractivity contribution in [3.63, 3.8) is 0 Å². The Morgan fingerprint density at radius 3 is 2.69 bits per heavy atom. The predicted molar refractivity (Wildman–Crippen MR) is 115 cm³/mol. The molecule has 0 bridgehead atoms. The molecule has 29 heavy (non-hydrogen) atoms. The van der Waals surface area contributed by atoms with Gasteiger partial charge in [0.2, 0.25) is 11.8 Å². The first-order chi connectivity index (χ1) is 13.5. The molecule has 1 aliphatic heterocycles. The van der Waals surface area contributed by atoms with Gasteiger partial charge in [-0.25, -0.2) is 0 Å². The van der Waals surface area contributed by atoms with Gasteiger partial charge in [-0.2, -0.15) is 0 Å². The van der Waals surface area contributed by atoms with Crippen LogP contribution in [0.4, 0.5) is 5.69 Å². The van der Waals surface area contributed by atoms with Crippen LogP contribution in [0.15, 0.2) is 24.3 Å². The molecule has 1 aromatic rings. The molecule has 2 aliphatic rings. The van der Waals surface area contributed by atoms with E-state index in [1.54, 1.807) is 18.2 Å². The number of piperidine rings is 1. The molecule has 0 radical (unpaired) electrons. The minimum absolute atomic E-state index is 0. The lowest BCUT2D eigenvalue weighted by molar-refractivity contribution is -0.121.